The third-order valence-electron chi connectivity index (χ3n) is 8.61. The van der Waals surface area contributed by atoms with Crippen LogP contribution in [0.3, 0.4) is 0 Å². The van der Waals surface area contributed by atoms with E-state index in [2.05, 4.69) is 71.9 Å². The highest BCUT2D eigenvalue weighted by Crippen LogP contribution is 2.58. The molecule has 0 aliphatic heterocycles. The molecule has 1 N–H and O–H groups in total. The van der Waals surface area contributed by atoms with E-state index < -0.39 is 0 Å². The molecular weight excluding hydrogens is 352 g/mol. The number of hydrogen-bond donors (Lipinski definition) is 1. The highest BCUT2D eigenvalue weighted by Gasteiger charge is 2.49. The highest BCUT2D eigenvalue weighted by atomic mass is 16.3. The van der Waals surface area contributed by atoms with Gasteiger partial charge >= 0.3 is 0 Å². The summed E-state index contributed by atoms with van der Waals surface area (Å²) in [5, 5.41) is 10.1. The molecule has 0 amide bonds. The van der Waals surface area contributed by atoms with Gasteiger partial charge in [0, 0.05) is 0 Å². The third kappa shape index (κ3) is 4.98. The van der Waals surface area contributed by atoms with E-state index in [0.29, 0.717) is 23.2 Å². The molecule has 0 aromatic heterocycles. The van der Waals surface area contributed by atoms with E-state index in [4.69, 9.17) is 0 Å². The summed E-state index contributed by atoms with van der Waals surface area (Å²) in [5.74, 6) is 3.53. The second-order valence-corrected chi connectivity index (χ2v) is 10.9. The Morgan fingerprint density at radius 3 is 2.55 bits per heavy atom. The van der Waals surface area contributed by atoms with Crippen LogP contribution < -0.4 is 0 Å². The summed E-state index contributed by atoms with van der Waals surface area (Å²) in [5.41, 5.74) is 4.82. The Kier molecular flexibility index (Phi) is 7.31. The minimum Gasteiger partial charge on any atom is -0.393 e. The Labute approximate surface area is 180 Å². The molecule has 0 radical (unpaired) electrons. The van der Waals surface area contributed by atoms with Crippen LogP contribution in [0.2, 0.25) is 0 Å². The molecule has 0 unspecified atom stereocenters. The predicted molar refractivity (Wildman–Crippen MR) is 126 cm³/mol. The van der Waals surface area contributed by atoms with Gasteiger partial charge in [-0.3, -0.25) is 0 Å². The standard InChI is InChI=1S/C28H44O/c1-19(2)20(3)9-10-22(5)26-15-16-27-23(8-7-17-28(26,27)6)12-13-24-18-25(29)14-11-21(24)4/h8-10,12-13,19-20,22,25-27,29H,7,11,14-18H2,1-6H3/b10-9+,13-12+/t20-,22+,25+,26+,27-,28+/m0/s1. The molecule has 6 atom stereocenters. The predicted octanol–water partition coefficient (Wildman–Crippen LogP) is 7.64. The van der Waals surface area contributed by atoms with Gasteiger partial charge in [0.05, 0.1) is 6.10 Å². The molecule has 1 nitrogen and oxygen atoms in total. The molecule has 0 spiro atoms. The molecule has 0 bridgehead atoms. The molecule has 1 fully saturated rings. The van der Waals surface area contributed by atoms with E-state index in [9.17, 15) is 5.11 Å². The number of hydrogen-bond acceptors (Lipinski definition) is 1. The second kappa shape index (κ2) is 9.38. The fourth-order valence-electron chi connectivity index (χ4n) is 6.10. The van der Waals surface area contributed by atoms with Crippen molar-refractivity contribution in [3.05, 3.63) is 47.1 Å². The Morgan fingerprint density at radius 1 is 1.07 bits per heavy atom. The first-order valence-electron chi connectivity index (χ1n) is 12.2. The molecule has 1 heteroatoms. The van der Waals surface area contributed by atoms with Gasteiger partial charge in [-0.25, -0.2) is 0 Å². The number of aliphatic hydroxyl groups is 1. The van der Waals surface area contributed by atoms with Crippen LogP contribution in [0.25, 0.3) is 0 Å². The van der Waals surface area contributed by atoms with Gasteiger partial charge in [-0.15, -0.1) is 0 Å². The zero-order chi connectivity index (χ0) is 21.2. The quantitative estimate of drug-likeness (QED) is 0.457. The van der Waals surface area contributed by atoms with Crippen LogP contribution in [-0.4, -0.2) is 11.2 Å². The summed E-state index contributed by atoms with van der Waals surface area (Å²) in [6.45, 7) is 14.2. The van der Waals surface area contributed by atoms with E-state index >= 15 is 0 Å². The van der Waals surface area contributed by atoms with Gasteiger partial charge < -0.3 is 5.11 Å². The van der Waals surface area contributed by atoms with Crippen molar-refractivity contribution in [1.29, 1.82) is 0 Å². The van der Waals surface area contributed by atoms with Crippen LogP contribution in [0.1, 0.15) is 86.5 Å². The monoisotopic (exact) mass is 396 g/mol. The lowest BCUT2D eigenvalue weighted by Crippen LogP contribution is -2.34. The SMILES string of the molecule is CC1=C(/C=C/C2=CCC[C@]3(C)[C@@H]([C@H](C)/C=C/[C@H](C)C(C)C)CC[C@@H]23)C[C@H](O)CC1. The van der Waals surface area contributed by atoms with E-state index in [1.165, 1.54) is 36.8 Å². The van der Waals surface area contributed by atoms with Crippen LogP contribution in [-0.2, 0) is 0 Å². The lowest BCUT2D eigenvalue weighted by Gasteiger charge is -2.42. The van der Waals surface area contributed by atoms with E-state index in [0.717, 1.165) is 31.1 Å². The first-order valence-corrected chi connectivity index (χ1v) is 12.2. The van der Waals surface area contributed by atoms with Gasteiger partial charge in [-0.1, -0.05) is 70.6 Å². The van der Waals surface area contributed by atoms with Crippen molar-refractivity contribution in [2.45, 2.75) is 92.6 Å². The molecule has 3 rings (SSSR count). The number of fused-ring (bicyclic) bond motifs is 1. The Balaban J connectivity index is 1.73. The van der Waals surface area contributed by atoms with Crippen LogP contribution in [0, 0.1) is 35.0 Å². The number of aliphatic hydroxyl groups excluding tert-OH is 1. The maximum atomic E-state index is 10.1. The highest BCUT2D eigenvalue weighted by molar-refractivity contribution is 5.36. The second-order valence-electron chi connectivity index (χ2n) is 10.9. The first-order chi connectivity index (χ1) is 13.7. The molecule has 0 aromatic rings. The number of rotatable bonds is 6. The van der Waals surface area contributed by atoms with Crippen LogP contribution in [0.5, 0.6) is 0 Å². The van der Waals surface area contributed by atoms with Crippen molar-refractivity contribution in [3.63, 3.8) is 0 Å². The fraction of sp³-hybridized carbons (Fsp3) is 0.714. The van der Waals surface area contributed by atoms with Crippen molar-refractivity contribution >= 4 is 0 Å². The maximum absolute atomic E-state index is 10.1. The third-order valence-corrected chi connectivity index (χ3v) is 8.61. The van der Waals surface area contributed by atoms with Gasteiger partial charge in [0.1, 0.15) is 0 Å². The Morgan fingerprint density at radius 2 is 1.83 bits per heavy atom. The molecule has 1 saturated carbocycles. The summed E-state index contributed by atoms with van der Waals surface area (Å²) in [6, 6.07) is 0. The normalized spacial score (nSPS) is 35.4. The van der Waals surface area contributed by atoms with Crippen molar-refractivity contribution in [2.24, 2.45) is 35.0 Å². The summed E-state index contributed by atoms with van der Waals surface area (Å²) >= 11 is 0. The van der Waals surface area contributed by atoms with Gasteiger partial charge in [0.25, 0.3) is 0 Å². The van der Waals surface area contributed by atoms with E-state index in [1.54, 1.807) is 5.57 Å². The minimum atomic E-state index is -0.152. The summed E-state index contributed by atoms with van der Waals surface area (Å²) in [4.78, 5) is 0. The zero-order valence-electron chi connectivity index (χ0n) is 19.7. The first kappa shape index (κ1) is 22.6. The molecule has 0 heterocycles. The zero-order valence-corrected chi connectivity index (χ0v) is 19.7. The van der Waals surface area contributed by atoms with E-state index in [-0.39, 0.29) is 6.10 Å². The lowest BCUT2D eigenvalue weighted by atomic mass is 9.62. The molecule has 162 valence electrons. The average molecular weight is 397 g/mol. The Hall–Kier alpha value is -1.08. The van der Waals surface area contributed by atoms with Crippen molar-refractivity contribution in [1.82, 2.24) is 0 Å². The number of allylic oxidation sites excluding steroid dienone is 7. The molecule has 3 aliphatic rings. The fourth-order valence-corrected chi connectivity index (χ4v) is 6.10. The molecular formula is C28H44O. The average Bonchev–Trinajstić information content (AvgIpc) is 3.04. The van der Waals surface area contributed by atoms with Crippen LogP contribution >= 0.6 is 0 Å². The lowest BCUT2D eigenvalue weighted by molar-refractivity contribution is 0.129. The van der Waals surface area contributed by atoms with E-state index in [1.807, 2.05) is 0 Å². The summed E-state index contributed by atoms with van der Waals surface area (Å²) < 4.78 is 0. The molecule has 3 aliphatic carbocycles. The molecule has 29 heavy (non-hydrogen) atoms. The van der Waals surface area contributed by atoms with Crippen LogP contribution in [0.15, 0.2) is 47.1 Å². The van der Waals surface area contributed by atoms with Gasteiger partial charge in [-0.2, -0.15) is 0 Å². The smallest absolute Gasteiger partial charge is 0.0583 e. The van der Waals surface area contributed by atoms with Crippen LogP contribution in [0.4, 0.5) is 0 Å². The van der Waals surface area contributed by atoms with Crippen molar-refractivity contribution in [3.8, 4) is 0 Å². The summed E-state index contributed by atoms with van der Waals surface area (Å²) in [6.07, 6.45) is 20.1. The minimum absolute atomic E-state index is 0.152. The van der Waals surface area contributed by atoms with Gasteiger partial charge in [0.15, 0.2) is 0 Å². The van der Waals surface area contributed by atoms with Gasteiger partial charge in [0.2, 0.25) is 0 Å². The molecule has 0 saturated heterocycles. The van der Waals surface area contributed by atoms with Crippen molar-refractivity contribution in [2.75, 3.05) is 0 Å². The molecule has 0 aromatic carbocycles. The van der Waals surface area contributed by atoms with Crippen molar-refractivity contribution < 1.29 is 5.11 Å². The summed E-state index contributed by atoms with van der Waals surface area (Å²) in [7, 11) is 0. The Bertz CT molecular complexity index is 691. The largest absolute Gasteiger partial charge is 0.393 e. The maximum Gasteiger partial charge on any atom is 0.0583 e. The topological polar surface area (TPSA) is 20.2 Å². The van der Waals surface area contributed by atoms with Gasteiger partial charge in [-0.05, 0) is 98.0 Å².